The van der Waals surface area contributed by atoms with Crippen molar-refractivity contribution in [1.29, 1.82) is 0 Å². The summed E-state index contributed by atoms with van der Waals surface area (Å²) in [4.78, 5) is 45.0. The number of aromatic nitrogens is 2. The number of hydrogen-bond donors (Lipinski definition) is 0. The number of benzene rings is 2. The Bertz CT molecular complexity index is 1210. The number of hydrogen-bond acceptors (Lipinski definition) is 7. The third-order valence-corrected chi connectivity index (χ3v) is 6.43. The van der Waals surface area contributed by atoms with Gasteiger partial charge in [0.2, 0.25) is 5.91 Å². The Labute approximate surface area is 202 Å². The molecular weight excluding hydrogens is 454 g/mol. The molecule has 0 aliphatic carbocycles. The van der Waals surface area contributed by atoms with Gasteiger partial charge in [-0.2, -0.15) is 0 Å². The summed E-state index contributed by atoms with van der Waals surface area (Å²) in [7, 11) is 2.91. The molecule has 0 saturated carbocycles. The lowest BCUT2D eigenvalue weighted by Crippen LogP contribution is -2.37. The largest absolute Gasteiger partial charge is 0.465 e. The maximum Gasteiger partial charge on any atom is 0.337 e. The second-order valence-electron chi connectivity index (χ2n) is 7.60. The van der Waals surface area contributed by atoms with E-state index >= 15 is 0 Å². The summed E-state index contributed by atoms with van der Waals surface area (Å²) >= 11 is 1.23. The van der Waals surface area contributed by atoms with Crippen molar-refractivity contribution >= 4 is 40.2 Å². The topological polar surface area (TPSA) is 90.7 Å². The number of esters is 1. The SMILES string of the molecule is CCN(C(=O)C(C)Sc1nc2cc(C(=O)OC)ccc2c(=O)n1CCCOC)c1ccccc1. The van der Waals surface area contributed by atoms with Crippen LogP contribution in [-0.4, -0.2) is 54.0 Å². The zero-order valence-electron chi connectivity index (χ0n) is 19.8. The fraction of sp³-hybridized carbons (Fsp3) is 0.360. The van der Waals surface area contributed by atoms with Crippen LogP contribution in [0.3, 0.4) is 0 Å². The lowest BCUT2D eigenvalue weighted by Gasteiger charge is -2.24. The first kappa shape index (κ1) is 25.5. The minimum atomic E-state index is -0.507. The zero-order valence-corrected chi connectivity index (χ0v) is 20.6. The van der Waals surface area contributed by atoms with E-state index in [1.165, 1.54) is 18.9 Å². The van der Waals surface area contributed by atoms with E-state index < -0.39 is 11.2 Å². The summed E-state index contributed by atoms with van der Waals surface area (Å²) in [6.45, 7) is 5.13. The van der Waals surface area contributed by atoms with Gasteiger partial charge in [0.1, 0.15) is 0 Å². The number of amides is 1. The predicted molar refractivity (Wildman–Crippen MR) is 134 cm³/mol. The van der Waals surface area contributed by atoms with Crippen LogP contribution in [0.5, 0.6) is 0 Å². The fourth-order valence-corrected chi connectivity index (χ4v) is 4.60. The van der Waals surface area contributed by atoms with Gasteiger partial charge in [-0.1, -0.05) is 30.0 Å². The van der Waals surface area contributed by atoms with Gasteiger partial charge < -0.3 is 14.4 Å². The molecule has 0 aliphatic rings. The highest BCUT2D eigenvalue weighted by molar-refractivity contribution is 8.00. The van der Waals surface area contributed by atoms with Gasteiger partial charge >= 0.3 is 5.97 Å². The molecule has 2 aromatic carbocycles. The van der Waals surface area contributed by atoms with Gasteiger partial charge in [0.05, 0.1) is 28.8 Å². The Morgan fingerprint density at radius 1 is 1.15 bits per heavy atom. The van der Waals surface area contributed by atoms with Gasteiger partial charge in [-0.3, -0.25) is 14.2 Å². The smallest absolute Gasteiger partial charge is 0.337 e. The second-order valence-corrected chi connectivity index (χ2v) is 8.91. The van der Waals surface area contributed by atoms with E-state index in [9.17, 15) is 14.4 Å². The number of methoxy groups -OCH3 is 2. The molecule has 0 aliphatic heterocycles. The number of thioether (sulfide) groups is 1. The van der Waals surface area contributed by atoms with Crippen LogP contribution in [0.4, 0.5) is 5.69 Å². The first-order chi connectivity index (χ1) is 16.4. The summed E-state index contributed by atoms with van der Waals surface area (Å²) in [6, 6.07) is 14.1. The van der Waals surface area contributed by atoms with Gasteiger partial charge in [0.25, 0.3) is 5.56 Å². The highest BCUT2D eigenvalue weighted by atomic mass is 32.2. The van der Waals surface area contributed by atoms with E-state index in [0.717, 1.165) is 5.69 Å². The van der Waals surface area contributed by atoms with E-state index in [2.05, 4.69) is 4.98 Å². The highest BCUT2D eigenvalue weighted by Gasteiger charge is 2.24. The number of fused-ring (bicyclic) bond motifs is 1. The van der Waals surface area contributed by atoms with Gasteiger partial charge in [-0.15, -0.1) is 0 Å². The molecule has 1 heterocycles. The Kier molecular flexibility index (Phi) is 8.84. The second kappa shape index (κ2) is 11.8. The van der Waals surface area contributed by atoms with Crippen molar-refractivity contribution in [2.24, 2.45) is 0 Å². The predicted octanol–water partition coefficient (Wildman–Crippen LogP) is 3.75. The van der Waals surface area contributed by atoms with Crippen molar-refractivity contribution in [1.82, 2.24) is 9.55 Å². The maximum atomic E-state index is 13.3. The number of rotatable bonds is 10. The van der Waals surface area contributed by atoms with Crippen molar-refractivity contribution in [2.45, 2.75) is 37.2 Å². The molecule has 3 rings (SSSR count). The maximum absolute atomic E-state index is 13.3. The average molecular weight is 484 g/mol. The summed E-state index contributed by atoms with van der Waals surface area (Å²) in [5.74, 6) is -0.591. The first-order valence-corrected chi connectivity index (χ1v) is 11.9. The Morgan fingerprint density at radius 3 is 2.53 bits per heavy atom. The average Bonchev–Trinajstić information content (AvgIpc) is 2.86. The van der Waals surface area contributed by atoms with Crippen molar-refractivity contribution in [2.75, 3.05) is 32.3 Å². The number of nitrogens with zero attached hydrogens (tertiary/aromatic N) is 3. The van der Waals surface area contributed by atoms with Crippen molar-refractivity contribution < 1.29 is 19.1 Å². The molecule has 180 valence electrons. The number of para-hydroxylation sites is 1. The Balaban J connectivity index is 2.00. The molecule has 34 heavy (non-hydrogen) atoms. The number of carbonyl (C=O) groups is 2. The molecule has 0 radical (unpaired) electrons. The molecule has 0 N–H and O–H groups in total. The zero-order chi connectivity index (χ0) is 24.7. The summed E-state index contributed by atoms with van der Waals surface area (Å²) in [5.41, 5.74) is 1.28. The van der Waals surface area contributed by atoms with Crippen molar-refractivity contribution in [3.8, 4) is 0 Å². The summed E-state index contributed by atoms with van der Waals surface area (Å²) in [5, 5.41) is 0.315. The molecule has 0 fully saturated rings. The van der Waals surface area contributed by atoms with Crippen LogP contribution in [0.15, 0.2) is 58.5 Å². The Morgan fingerprint density at radius 2 is 1.88 bits per heavy atom. The molecule has 0 spiro atoms. The standard InChI is InChI=1S/C25H29N3O5S/c1-5-27(19-10-7-6-8-11-19)22(29)17(2)34-25-26-21-16-18(24(31)33-4)12-13-20(21)23(30)28(25)14-9-15-32-3/h6-8,10-13,16-17H,5,9,14-15H2,1-4H3. The monoisotopic (exact) mass is 483 g/mol. The molecule has 1 amide bonds. The van der Waals surface area contributed by atoms with Gasteiger partial charge in [-0.25, -0.2) is 9.78 Å². The fourth-order valence-electron chi connectivity index (χ4n) is 3.60. The molecule has 0 bridgehead atoms. The van der Waals surface area contributed by atoms with E-state index in [1.54, 1.807) is 41.7 Å². The molecular formula is C25H29N3O5S. The van der Waals surface area contributed by atoms with Crippen molar-refractivity contribution in [3.05, 3.63) is 64.4 Å². The third-order valence-electron chi connectivity index (χ3n) is 5.35. The lowest BCUT2D eigenvalue weighted by atomic mass is 10.1. The van der Waals surface area contributed by atoms with Crippen molar-refractivity contribution in [3.63, 3.8) is 0 Å². The molecule has 1 atom stereocenters. The lowest BCUT2D eigenvalue weighted by molar-refractivity contribution is -0.117. The summed E-state index contributed by atoms with van der Waals surface area (Å²) < 4.78 is 11.5. The van der Waals surface area contributed by atoms with Crippen LogP contribution in [0.1, 0.15) is 30.6 Å². The van der Waals surface area contributed by atoms with Crippen LogP contribution < -0.4 is 10.5 Å². The number of carbonyl (C=O) groups excluding carboxylic acids is 2. The molecule has 3 aromatic rings. The van der Waals surface area contributed by atoms with Crippen LogP contribution in [0, 0.1) is 0 Å². The van der Waals surface area contributed by atoms with Gasteiger partial charge in [-0.05, 0) is 50.6 Å². The summed E-state index contributed by atoms with van der Waals surface area (Å²) in [6.07, 6.45) is 0.616. The molecule has 0 saturated heterocycles. The number of ether oxygens (including phenoxy) is 2. The third kappa shape index (κ3) is 5.66. The van der Waals surface area contributed by atoms with Gasteiger partial charge in [0.15, 0.2) is 5.16 Å². The quantitative estimate of drug-likeness (QED) is 0.188. The number of anilines is 1. The molecule has 1 aromatic heterocycles. The van der Waals surface area contributed by atoms with Crippen LogP contribution in [0.25, 0.3) is 10.9 Å². The minimum absolute atomic E-state index is 0.0835. The minimum Gasteiger partial charge on any atom is -0.465 e. The molecule has 1 unspecified atom stereocenters. The van der Waals surface area contributed by atoms with E-state index in [0.29, 0.717) is 47.7 Å². The molecule has 8 nitrogen and oxygen atoms in total. The van der Waals surface area contributed by atoms with Crippen LogP contribution >= 0.6 is 11.8 Å². The Hall–Kier alpha value is -3.17. The normalized spacial score (nSPS) is 11.9. The highest BCUT2D eigenvalue weighted by Crippen LogP contribution is 2.26. The first-order valence-electron chi connectivity index (χ1n) is 11.1. The van der Waals surface area contributed by atoms with E-state index in [4.69, 9.17) is 9.47 Å². The van der Waals surface area contributed by atoms with Crippen LogP contribution in [-0.2, 0) is 20.8 Å². The van der Waals surface area contributed by atoms with E-state index in [1.807, 2.05) is 37.3 Å². The van der Waals surface area contributed by atoms with E-state index in [-0.39, 0.29) is 11.5 Å². The molecule has 9 heteroatoms. The van der Waals surface area contributed by atoms with Gasteiger partial charge in [0, 0.05) is 32.5 Å². The van der Waals surface area contributed by atoms with Crippen LogP contribution in [0.2, 0.25) is 0 Å².